The van der Waals surface area contributed by atoms with E-state index in [0.717, 1.165) is 24.5 Å². The summed E-state index contributed by atoms with van der Waals surface area (Å²) in [6.07, 6.45) is 1.25. The van der Waals surface area contributed by atoms with Gasteiger partial charge in [-0.05, 0) is 25.5 Å². The van der Waals surface area contributed by atoms with Gasteiger partial charge >= 0.3 is 0 Å². The van der Waals surface area contributed by atoms with E-state index in [1.165, 1.54) is 0 Å². The van der Waals surface area contributed by atoms with Crippen molar-refractivity contribution in [1.29, 1.82) is 0 Å². The molecule has 0 bridgehead atoms. The zero-order valence-electron chi connectivity index (χ0n) is 13.7. The lowest BCUT2D eigenvalue weighted by Crippen LogP contribution is -2.40. The molecule has 1 aromatic heterocycles. The van der Waals surface area contributed by atoms with Gasteiger partial charge in [0.15, 0.2) is 0 Å². The first kappa shape index (κ1) is 22.8. The van der Waals surface area contributed by atoms with Crippen LogP contribution in [0.2, 0.25) is 0 Å². The molecule has 1 atom stereocenters. The van der Waals surface area contributed by atoms with E-state index in [1.54, 1.807) is 6.20 Å². The number of hydrogen-bond donors (Lipinski definition) is 2. The van der Waals surface area contributed by atoms with Gasteiger partial charge in [0, 0.05) is 32.3 Å². The van der Waals surface area contributed by atoms with Gasteiger partial charge in [0.25, 0.3) is 5.92 Å². The number of carbonyl (C=O) groups excluding carboxylic acids is 1. The van der Waals surface area contributed by atoms with Crippen molar-refractivity contribution < 1.29 is 13.6 Å². The minimum Gasteiger partial charge on any atom is -0.357 e. The van der Waals surface area contributed by atoms with Crippen molar-refractivity contribution in [3.8, 4) is 0 Å². The van der Waals surface area contributed by atoms with E-state index in [2.05, 4.69) is 34.4 Å². The molecule has 1 saturated heterocycles. The normalized spacial score (nSPS) is 18.2. The van der Waals surface area contributed by atoms with Gasteiger partial charge in [-0.25, -0.2) is 13.8 Å². The van der Waals surface area contributed by atoms with Crippen molar-refractivity contribution in [2.24, 2.45) is 0 Å². The lowest BCUT2D eigenvalue weighted by molar-refractivity contribution is -0.123. The molecule has 138 valence electrons. The quantitative estimate of drug-likeness (QED) is 0.790. The van der Waals surface area contributed by atoms with Crippen LogP contribution in [-0.2, 0) is 11.3 Å². The Labute approximate surface area is 153 Å². The minimum atomic E-state index is -2.80. The Morgan fingerprint density at radius 3 is 2.50 bits per heavy atom. The second-order valence-corrected chi connectivity index (χ2v) is 5.41. The number of nitrogens with one attached hydrogen (secondary N) is 2. The van der Waals surface area contributed by atoms with E-state index < -0.39 is 30.8 Å². The van der Waals surface area contributed by atoms with E-state index in [4.69, 9.17) is 0 Å². The Balaban J connectivity index is 0.00000264. The molecule has 2 rings (SSSR count). The van der Waals surface area contributed by atoms with E-state index in [1.807, 2.05) is 12.1 Å². The van der Waals surface area contributed by atoms with Crippen LogP contribution in [0.1, 0.15) is 25.8 Å². The third kappa shape index (κ3) is 6.03. The number of anilines is 1. The predicted octanol–water partition coefficient (Wildman–Crippen LogP) is 2.38. The van der Waals surface area contributed by atoms with Crippen LogP contribution in [0.15, 0.2) is 18.3 Å². The standard InChI is InChI=1S/C15H22F2N4O.2ClH/c1-3-21(4-2)13-6-5-11(8-18-13)9-19-14(22)12-7-15(16,17)10-20-12;;/h5-6,8,12,20H,3-4,7,9-10H2,1-2H3,(H,19,22);2*1H. The first-order valence-corrected chi connectivity index (χ1v) is 7.54. The van der Waals surface area contributed by atoms with Crippen molar-refractivity contribution >= 4 is 36.5 Å². The van der Waals surface area contributed by atoms with Crippen LogP contribution in [-0.4, -0.2) is 42.5 Å². The average molecular weight is 385 g/mol. The summed E-state index contributed by atoms with van der Waals surface area (Å²) < 4.78 is 26.1. The number of aromatic nitrogens is 1. The fourth-order valence-electron chi connectivity index (χ4n) is 2.47. The summed E-state index contributed by atoms with van der Waals surface area (Å²) in [6, 6.07) is 2.96. The molecular weight excluding hydrogens is 361 g/mol. The summed E-state index contributed by atoms with van der Waals surface area (Å²) in [6.45, 7) is 5.72. The van der Waals surface area contributed by atoms with Gasteiger partial charge in [0.1, 0.15) is 5.82 Å². The Kier molecular flexibility index (Phi) is 9.47. The molecule has 1 aliphatic rings. The highest BCUT2D eigenvalue weighted by atomic mass is 35.5. The topological polar surface area (TPSA) is 57.3 Å². The molecule has 9 heteroatoms. The maximum Gasteiger partial charge on any atom is 0.262 e. The molecule has 1 aromatic rings. The monoisotopic (exact) mass is 384 g/mol. The summed E-state index contributed by atoms with van der Waals surface area (Å²) in [5.74, 6) is -2.31. The van der Waals surface area contributed by atoms with Gasteiger partial charge in [0.05, 0.1) is 12.6 Å². The first-order valence-electron chi connectivity index (χ1n) is 7.54. The lowest BCUT2D eigenvalue weighted by Gasteiger charge is -2.19. The molecule has 24 heavy (non-hydrogen) atoms. The molecular formula is C15H24Cl2F2N4O. The largest absolute Gasteiger partial charge is 0.357 e. The molecule has 1 unspecified atom stereocenters. The van der Waals surface area contributed by atoms with Gasteiger partial charge in [0.2, 0.25) is 5.91 Å². The number of amides is 1. The Morgan fingerprint density at radius 1 is 1.38 bits per heavy atom. The van der Waals surface area contributed by atoms with Gasteiger partial charge in [-0.2, -0.15) is 0 Å². The van der Waals surface area contributed by atoms with Crippen LogP contribution >= 0.6 is 24.8 Å². The molecule has 1 aliphatic heterocycles. The third-order valence-electron chi connectivity index (χ3n) is 3.79. The number of halogens is 4. The zero-order valence-corrected chi connectivity index (χ0v) is 15.4. The van der Waals surface area contributed by atoms with Gasteiger partial charge in [-0.3, -0.25) is 10.1 Å². The minimum absolute atomic E-state index is 0. The SMILES string of the molecule is CCN(CC)c1ccc(CNC(=O)C2CC(F)(F)CN2)cn1.Cl.Cl. The van der Waals surface area contributed by atoms with E-state index in [0.29, 0.717) is 0 Å². The number of alkyl halides is 2. The van der Waals surface area contributed by atoms with Crippen LogP contribution in [0.25, 0.3) is 0 Å². The number of pyridine rings is 1. The van der Waals surface area contributed by atoms with Crippen LogP contribution in [0.5, 0.6) is 0 Å². The number of rotatable bonds is 6. The summed E-state index contributed by atoms with van der Waals surface area (Å²) in [7, 11) is 0. The number of hydrogen-bond acceptors (Lipinski definition) is 4. The molecule has 1 amide bonds. The van der Waals surface area contributed by atoms with Gasteiger partial charge < -0.3 is 10.2 Å². The highest BCUT2D eigenvalue weighted by Crippen LogP contribution is 2.25. The van der Waals surface area contributed by atoms with Gasteiger partial charge in [-0.15, -0.1) is 24.8 Å². The highest BCUT2D eigenvalue weighted by molar-refractivity contribution is 5.85. The molecule has 0 radical (unpaired) electrons. The molecule has 0 aromatic carbocycles. The van der Waals surface area contributed by atoms with Crippen molar-refractivity contribution in [2.45, 2.75) is 38.8 Å². The maximum atomic E-state index is 13.0. The lowest BCUT2D eigenvalue weighted by atomic mass is 10.2. The molecule has 0 saturated carbocycles. The van der Waals surface area contributed by atoms with Crippen molar-refractivity contribution in [3.05, 3.63) is 23.9 Å². The van der Waals surface area contributed by atoms with Crippen LogP contribution < -0.4 is 15.5 Å². The summed E-state index contributed by atoms with van der Waals surface area (Å²) >= 11 is 0. The fraction of sp³-hybridized carbons (Fsp3) is 0.600. The Morgan fingerprint density at radius 2 is 2.04 bits per heavy atom. The molecule has 0 aliphatic carbocycles. The molecule has 2 N–H and O–H groups in total. The average Bonchev–Trinajstić information content (AvgIpc) is 2.87. The molecule has 1 fully saturated rings. The second kappa shape index (κ2) is 9.96. The third-order valence-corrected chi connectivity index (χ3v) is 3.79. The van der Waals surface area contributed by atoms with Crippen molar-refractivity contribution in [1.82, 2.24) is 15.6 Å². The molecule has 0 spiro atoms. The second-order valence-electron chi connectivity index (χ2n) is 5.41. The number of nitrogens with zero attached hydrogens (tertiary/aromatic N) is 2. The van der Waals surface area contributed by atoms with Crippen molar-refractivity contribution in [3.63, 3.8) is 0 Å². The van der Waals surface area contributed by atoms with E-state index in [9.17, 15) is 13.6 Å². The zero-order chi connectivity index (χ0) is 16.2. The Bertz CT molecular complexity index is 513. The fourth-order valence-corrected chi connectivity index (χ4v) is 2.47. The van der Waals surface area contributed by atoms with Crippen LogP contribution in [0.3, 0.4) is 0 Å². The van der Waals surface area contributed by atoms with Crippen molar-refractivity contribution in [2.75, 3.05) is 24.5 Å². The van der Waals surface area contributed by atoms with E-state index >= 15 is 0 Å². The Hall–Kier alpha value is -1.18. The van der Waals surface area contributed by atoms with E-state index in [-0.39, 0.29) is 31.4 Å². The van der Waals surface area contributed by atoms with Crippen LogP contribution in [0.4, 0.5) is 14.6 Å². The summed E-state index contributed by atoms with van der Waals surface area (Å²) in [4.78, 5) is 18.3. The summed E-state index contributed by atoms with van der Waals surface area (Å²) in [5, 5.41) is 5.20. The highest BCUT2D eigenvalue weighted by Gasteiger charge is 2.42. The van der Waals surface area contributed by atoms with Crippen LogP contribution in [0, 0.1) is 0 Å². The maximum absolute atomic E-state index is 13.0. The predicted molar refractivity (Wildman–Crippen MR) is 95.5 cm³/mol. The van der Waals surface area contributed by atoms with Gasteiger partial charge in [-0.1, -0.05) is 6.07 Å². The first-order chi connectivity index (χ1) is 10.4. The molecule has 5 nitrogen and oxygen atoms in total. The number of carbonyl (C=O) groups is 1. The summed E-state index contributed by atoms with van der Waals surface area (Å²) in [5.41, 5.74) is 0.842. The molecule has 2 heterocycles. The smallest absolute Gasteiger partial charge is 0.262 e.